The van der Waals surface area contributed by atoms with Crippen molar-refractivity contribution in [3.63, 3.8) is 0 Å². The van der Waals surface area contributed by atoms with Crippen molar-refractivity contribution in [2.75, 3.05) is 21.3 Å². The van der Waals surface area contributed by atoms with Gasteiger partial charge in [0.05, 0.1) is 33.5 Å². The van der Waals surface area contributed by atoms with E-state index in [9.17, 15) is 5.11 Å². The molecule has 0 radical (unpaired) electrons. The molecule has 0 aliphatic carbocycles. The topological polar surface area (TPSA) is 73.9 Å². The normalized spacial score (nSPS) is 14.6. The first kappa shape index (κ1) is 16.6. The summed E-state index contributed by atoms with van der Waals surface area (Å²) in [6.45, 7) is 5.81. The first-order valence-electron chi connectivity index (χ1n) is 6.49. The van der Waals surface area contributed by atoms with E-state index in [1.165, 1.54) is 0 Å². The number of benzene rings is 1. The molecule has 3 N–H and O–H groups in total. The van der Waals surface area contributed by atoms with Crippen molar-refractivity contribution in [3.05, 3.63) is 17.7 Å². The molecule has 0 aliphatic heterocycles. The highest BCUT2D eigenvalue weighted by atomic mass is 16.5. The molecule has 1 aromatic carbocycles. The fraction of sp³-hybridized carbons (Fsp3) is 0.600. The number of hydrogen-bond donors (Lipinski definition) is 2. The van der Waals surface area contributed by atoms with Crippen molar-refractivity contribution in [2.24, 2.45) is 11.1 Å². The van der Waals surface area contributed by atoms with Gasteiger partial charge in [0.1, 0.15) is 5.75 Å². The van der Waals surface area contributed by atoms with Crippen LogP contribution in [-0.2, 0) is 0 Å². The first-order chi connectivity index (χ1) is 9.26. The highest BCUT2D eigenvalue weighted by Crippen LogP contribution is 2.39. The van der Waals surface area contributed by atoms with E-state index in [2.05, 4.69) is 0 Å². The second kappa shape index (κ2) is 6.33. The summed E-state index contributed by atoms with van der Waals surface area (Å²) < 4.78 is 15.9. The van der Waals surface area contributed by atoms with Gasteiger partial charge in [0.25, 0.3) is 0 Å². The number of rotatable bonds is 5. The Hall–Kier alpha value is -1.46. The van der Waals surface area contributed by atoms with Crippen LogP contribution in [0.4, 0.5) is 0 Å². The Labute approximate surface area is 120 Å². The summed E-state index contributed by atoms with van der Waals surface area (Å²) in [5, 5.41) is 10.4. The van der Waals surface area contributed by atoms with Crippen molar-refractivity contribution in [3.8, 4) is 17.2 Å². The van der Waals surface area contributed by atoms with Crippen molar-refractivity contribution in [2.45, 2.75) is 32.9 Å². The Bertz CT molecular complexity index is 454. The van der Waals surface area contributed by atoms with Gasteiger partial charge >= 0.3 is 0 Å². The molecule has 0 saturated heterocycles. The summed E-state index contributed by atoms with van der Waals surface area (Å²) in [6, 6.07) is 2.88. The van der Waals surface area contributed by atoms with Gasteiger partial charge in [-0.15, -0.1) is 0 Å². The molecule has 20 heavy (non-hydrogen) atoms. The molecule has 5 heteroatoms. The quantitative estimate of drug-likeness (QED) is 0.866. The lowest BCUT2D eigenvalue weighted by Gasteiger charge is -2.32. The van der Waals surface area contributed by atoms with Crippen LogP contribution in [0.5, 0.6) is 17.2 Å². The first-order valence-corrected chi connectivity index (χ1v) is 6.49. The number of aliphatic hydroxyl groups is 1. The SMILES string of the molecule is COc1cc(OC)c([C@H](N)[C@H](O)C(C)(C)C)cc1OC. The summed E-state index contributed by atoms with van der Waals surface area (Å²) in [4.78, 5) is 0. The zero-order valence-electron chi connectivity index (χ0n) is 13.1. The van der Waals surface area contributed by atoms with Crippen molar-refractivity contribution in [1.29, 1.82) is 0 Å². The Kier molecular flexibility index (Phi) is 5.25. The van der Waals surface area contributed by atoms with Crippen LogP contribution in [0.1, 0.15) is 32.4 Å². The maximum absolute atomic E-state index is 10.4. The third kappa shape index (κ3) is 3.35. The molecule has 2 atom stereocenters. The molecule has 0 unspecified atom stereocenters. The van der Waals surface area contributed by atoms with E-state index in [1.807, 2.05) is 20.8 Å². The van der Waals surface area contributed by atoms with E-state index >= 15 is 0 Å². The lowest BCUT2D eigenvalue weighted by Crippen LogP contribution is -2.37. The molecule has 0 aromatic heterocycles. The molecular weight excluding hydrogens is 258 g/mol. The Morgan fingerprint density at radius 2 is 1.40 bits per heavy atom. The molecule has 0 aliphatic rings. The Morgan fingerprint density at radius 3 is 1.80 bits per heavy atom. The highest BCUT2D eigenvalue weighted by Gasteiger charge is 2.31. The van der Waals surface area contributed by atoms with Crippen molar-refractivity contribution in [1.82, 2.24) is 0 Å². The second-order valence-corrected chi connectivity index (χ2v) is 5.79. The zero-order chi connectivity index (χ0) is 15.5. The summed E-state index contributed by atoms with van der Waals surface area (Å²) in [5.41, 5.74) is 6.54. The monoisotopic (exact) mass is 283 g/mol. The van der Waals surface area contributed by atoms with E-state index in [4.69, 9.17) is 19.9 Å². The smallest absolute Gasteiger partial charge is 0.164 e. The van der Waals surface area contributed by atoms with Crippen LogP contribution in [-0.4, -0.2) is 32.5 Å². The number of methoxy groups -OCH3 is 3. The summed E-state index contributed by atoms with van der Waals surface area (Å²) in [6.07, 6.45) is -0.713. The fourth-order valence-corrected chi connectivity index (χ4v) is 2.02. The molecule has 0 saturated carbocycles. The van der Waals surface area contributed by atoms with Crippen LogP contribution in [0, 0.1) is 5.41 Å². The van der Waals surface area contributed by atoms with E-state index in [-0.39, 0.29) is 5.41 Å². The largest absolute Gasteiger partial charge is 0.496 e. The highest BCUT2D eigenvalue weighted by molar-refractivity contribution is 5.52. The van der Waals surface area contributed by atoms with Crippen LogP contribution >= 0.6 is 0 Å². The van der Waals surface area contributed by atoms with Crippen LogP contribution < -0.4 is 19.9 Å². The third-order valence-corrected chi connectivity index (χ3v) is 3.32. The minimum atomic E-state index is -0.713. The lowest BCUT2D eigenvalue weighted by molar-refractivity contribution is 0.0394. The zero-order valence-corrected chi connectivity index (χ0v) is 13.1. The number of hydrogen-bond acceptors (Lipinski definition) is 5. The van der Waals surface area contributed by atoms with E-state index in [1.54, 1.807) is 33.5 Å². The van der Waals surface area contributed by atoms with Crippen LogP contribution in [0.2, 0.25) is 0 Å². The van der Waals surface area contributed by atoms with Gasteiger partial charge in [-0.1, -0.05) is 20.8 Å². The van der Waals surface area contributed by atoms with Gasteiger partial charge in [-0.2, -0.15) is 0 Å². The number of nitrogens with two attached hydrogens (primary N) is 1. The summed E-state index contributed by atoms with van der Waals surface area (Å²) >= 11 is 0. The predicted octanol–water partition coefficient (Wildman–Crippen LogP) is 2.12. The maximum atomic E-state index is 10.4. The molecule has 1 rings (SSSR count). The van der Waals surface area contributed by atoms with Gasteiger partial charge in [-0.3, -0.25) is 0 Å². The van der Waals surface area contributed by atoms with Crippen LogP contribution in [0.3, 0.4) is 0 Å². The Morgan fingerprint density at radius 1 is 0.950 bits per heavy atom. The third-order valence-electron chi connectivity index (χ3n) is 3.32. The Balaban J connectivity index is 3.29. The minimum Gasteiger partial charge on any atom is -0.496 e. The molecule has 0 amide bonds. The van der Waals surface area contributed by atoms with Crippen LogP contribution in [0.25, 0.3) is 0 Å². The van der Waals surface area contributed by atoms with E-state index in [0.717, 1.165) is 0 Å². The molecule has 5 nitrogen and oxygen atoms in total. The molecule has 0 bridgehead atoms. The van der Waals surface area contributed by atoms with Crippen molar-refractivity contribution >= 4 is 0 Å². The van der Waals surface area contributed by atoms with Gasteiger partial charge in [-0.05, 0) is 11.5 Å². The van der Waals surface area contributed by atoms with E-state index in [0.29, 0.717) is 22.8 Å². The number of ether oxygens (including phenoxy) is 3. The van der Waals surface area contributed by atoms with Gasteiger partial charge in [0, 0.05) is 11.6 Å². The molecule has 114 valence electrons. The van der Waals surface area contributed by atoms with Gasteiger partial charge in [-0.25, -0.2) is 0 Å². The molecule has 0 heterocycles. The average Bonchev–Trinajstić information content (AvgIpc) is 2.42. The fourth-order valence-electron chi connectivity index (χ4n) is 2.02. The molecular formula is C15H25NO4. The van der Waals surface area contributed by atoms with E-state index < -0.39 is 12.1 Å². The number of aliphatic hydroxyl groups excluding tert-OH is 1. The summed E-state index contributed by atoms with van der Waals surface area (Å²) in [5.74, 6) is 1.68. The van der Waals surface area contributed by atoms with Crippen molar-refractivity contribution < 1.29 is 19.3 Å². The lowest BCUT2D eigenvalue weighted by atomic mass is 9.82. The standard InChI is InChI=1S/C15H25NO4/c1-15(2,3)14(17)13(16)9-7-11(19-5)12(20-6)8-10(9)18-4/h7-8,13-14,17H,16H2,1-6H3/t13-,14-/m0/s1. The average molecular weight is 283 g/mol. The predicted molar refractivity (Wildman–Crippen MR) is 78.5 cm³/mol. The van der Waals surface area contributed by atoms with Gasteiger partial charge < -0.3 is 25.1 Å². The molecule has 0 fully saturated rings. The molecule has 1 aromatic rings. The van der Waals surface area contributed by atoms with Gasteiger partial charge in [0.15, 0.2) is 11.5 Å². The van der Waals surface area contributed by atoms with Gasteiger partial charge in [0.2, 0.25) is 0 Å². The molecule has 0 spiro atoms. The second-order valence-electron chi connectivity index (χ2n) is 5.79. The maximum Gasteiger partial charge on any atom is 0.164 e. The summed E-state index contributed by atoms with van der Waals surface area (Å²) in [7, 11) is 4.67. The minimum absolute atomic E-state index is 0.336. The van der Waals surface area contributed by atoms with Crippen LogP contribution in [0.15, 0.2) is 12.1 Å².